The minimum atomic E-state index is -0.121. The first kappa shape index (κ1) is 15.3. The minimum Gasteiger partial charge on any atom is -0.497 e. The number of carbonyl (C=O) groups excluding carboxylic acids is 1. The van der Waals surface area contributed by atoms with Crippen molar-refractivity contribution < 1.29 is 9.53 Å². The molecule has 0 aliphatic carbocycles. The fourth-order valence-corrected chi connectivity index (χ4v) is 2.60. The molecule has 23 heavy (non-hydrogen) atoms. The van der Waals surface area contributed by atoms with E-state index in [1.54, 1.807) is 19.4 Å². The van der Waals surface area contributed by atoms with Crippen LogP contribution in [0.3, 0.4) is 0 Å². The van der Waals surface area contributed by atoms with Gasteiger partial charge in [-0.1, -0.05) is 29.8 Å². The normalized spacial score (nSPS) is 10.5. The fraction of sp³-hybridized carbons (Fsp3) is 0.111. The standard InChI is InChI=1S/C18H15ClN2O2/c1-23-15-6-4-12(5-7-15)9-17(22)21-16-11-14(19)10-13-3-2-8-20-18(13)16/h2-8,10-11H,9H2,1H3,(H,21,22). The van der Waals surface area contributed by atoms with Crippen molar-refractivity contribution in [1.82, 2.24) is 4.98 Å². The summed E-state index contributed by atoms with van der Waals surface area (Å²) in [5.74, 6) is 0.642. The molecule has 0 aliphatic heterocycles. The number of pyridine rings is 1. The number of benzene rings is 2. The van der Waals surface area contributed by atoms with E-state index in [-0.39, 0.29) is 12.3 Å². The van der Waals surface area contributed by atoms with E-state index >= 15 is 0 Å². The van der Waals surface area contributed by atoms with E-state index in [2.05, 4.69) is 10.3 Å². The quantitative estimate of drug-likeness (QED) is 0.786. The Labute approximate surface area is 139 Å². The van der Waals surface area contributed by atoms with Gasteiger partial charge in [0.25, 0.3) is 0 Å². The van der Waals surface area contributed by atoms with Gasteiger partial charge in [-0.25, -0.2) is 0 Å². The zero-order valence-corrected chi connectivity index (χ0v) is 13.3. The van der Waals surface area contributed by atoms with Gasteiger partial charge in [0, 0.05) is 16.6 Å². The number of ether oxygens (including phenoxy) is 1. The maximum atomic E-state index is 12.3. The van der Waals surface area contributed by atoms with E-state index in [0.717, 1.165) is 22.2 Å². The van der Waals surface area contributed by atoms with Gasteiger partial charge in [-0.05, 0) is 35.9 Å². The number of nitrogens with zero attached hydrogens (tertiary/aromatic N) is 1. The number of hydrogen-bond acceptors (Lipinski definition) is 3. The Bertz CT molecular complexity index is 847. The lowest BCUT2D eigenvalue weighted by atomic mass is 10.1. The summed E-state index contributed by atoms with van der Waals surface area (Å²) in [5.41, 5.74) is 2.24. The van der Waals surface area contributed by atoms with E-state index in [0.29, 0.717) is 10.7 Å². The van der Waals surface area contributed by atoms with Crippen LogP contribution < -0.4 is 10.1 Å². The van der Waals surface area contributed by atoms with Crippen LogP contribution in [0, 0.1) is 0 Å². The Hall–Kier alpha value is -2.59. The van der Waals surface area contributed by atoms with Crippen molar-refractivity contribution in [2.45, 2.75) is 6.42 Å². The first-order chi connectivity index (χ1) is 11.2. The largest absolute Gasteiger partial charge is 0.497 e. The zero-order chi connectivity index (χ0) is 16.2. The number of halogens is 1. The van der Waals surface area contributed by atoms with Crippen LogP contribution in [0.2, 0.25) is 5.02 Å². The number of hydrogen-bond donors (Lipinski definition) is 1. The van der Waals surface area contributed by atoms with Crippen LogP contribution in [0.5, 0.6) is 5.75 Å². The van der Waals surface area contributed by atoms with Crippen LogP contribution in [-0.2, 0) is 11.2 Å². The monoisotopic (exact) mass is 326 g/mol. The van der Waals surface area contributed by atoms with Gasteiger partial charge in [-0.3, -0.25) is 9.78 Å². The predicted octanol–water partition coefficient (Wildman–Crippen LogP) is 4.08. The van der Waals surface area contributed by atoms with Gasteiger partial charge in [0.1, 0.15) is 5.75 Å². The summed E-state index contributed by atoms with van der Waals surface area (Å²) in [6.07, 6.45) is 1.96. The average Bonchev–Trinajstić information content (AvgIpc) is 2.55. The van der Waals surface area contributed by atoms with Crippen LogP contribution in [-0.4, -0.2) is 18.0 Å². The summed E-state index contributed by atoms with van der Waals surface area (Å²) in [5, 5.41) is 4.33. The first-order valence-corrected chi connectivity index (χ1v) is 7.50. The van der Waals surface area contributed by atoms with Crippen molar-refractivity contribution in [2.75, 3.05) is 12.4 Å². The number of nitrogens with one attached hydrogen (secondary N) is 1. The summed E-state index contributed by atoms with van der Waals surface area (Å²) >= 11 is 6.11. The molecule has 116 valence electrons. The molecule has 1 heterocycles. The highest BCUT2D eigenvalue weighted by molar-refractivity contribution is 6.32. The third-order valence-corrected chi connectivity index (χ3v) is 3.69. The highest BCUT2D eigenvalue weighted by Crippen LogP contribution is 2.26. The van der Waals surface area contributed by atoms with E-state index in [1.807, 2.05) is 42.5 Å². The summed E-state index contributed by atoms with van der Waals surface area (Å²) in [4.78, 5) is 16.6. The lowest BCUT2D eigenvalue weighted by Crippen LogP contribution is -2.14. The summed E-state index contributed by atoms with van der Waals surface area (Å²) < 4.78 is 5.11. The highest BCUT2D eigenvalue weighted by atomic mass is 35.5. The number of carbonyl (C=O) groups is 1. The molecule has 1 aromatic heterocycles. The van der Waals surface area contributed by atoms with Gasteiger partial charge in [-0.2, -0.15) is 0 Å². The number of fused-ring (bicyclic) bond motifs is 1. The van der Waals surface area contributed by atoms with Gasteiger partial charge in [-0.15, -0.1) is 0 Å². The molecule has 0 fully saturated rings. The highest BCUT2D eigenvalue weighted by Gasteiger charge is 2.09. The van der Waals surface area contributed by atoms with Gasteiger partial charge < -0.3 is 10.1 Å². The molecule has 1 N–H and O–H groups in total. The third kappa shape index (κ3) is 3.60. The lowest BCUT2D eigenvalue weighted by molar-refractivity contribution is -0.115. The third-order valence-electron chi connectivity index (χ3n) is 3.47. The number of anilines is 1. The van der Waals surface area contributed by atoms with E-state index < -0.39 is 0 Å². The Morgan fingerprint density at radius 3 is 2.74 bits per heavy atom. The molecule has 3 rings (SSSR count). The van der Waals surface area contributed by atoms with Gasteiger partial charge in [0.2, 0.25) is 5.91 Å². The average molecular weight is 327 g/mol. The van der Waals surface area contributed by atoms with Crippen LogP contribution in [0.4, 0.5) is 5.69 Å². The summed E-state index contributed by atoms with van der Waals surface area (Å²) in [7, 11) is 1.61. The first-order valence-electron chi connectivity index (χ1n) is 7.13. The Morgan fingerprint density at radius 1 is 1.22 bits per heavy atom. The van der Waals surface area contributed by atoms with Gasteiger partial charge in [0.15, 0.2) is 0 Å². The minimum absolute atomic E-state index is 0.121. The summed E-state index contributed by atoms with van der Waals surface area (Å²) in [6.45, 7) is 0. The fourth-order valence-electron chi connectivity index (χ4n) is 2.37. The van der Waals surface area contributed by atoms with Crippen LogP contribution in [0.15, 0.2) is 54.7 Å². The number of methoxy groups -OCH3 is 1. The second-order valence-electron chi connectivity index (χ2n) is 5.10. The molecule has 1 amide bonds. The molecule has 0 saturated carbocycles. The topological polar surface area (TPSA) is 51.2 Å². The van der Waals surface area contributed by atoms with E-state index in [9.17, 15) is 4.79 Å². The van der Waals surface area contributed by atoms with Crippen LogP contribution in [0.1, 0.15) is 5.56 Å². The number of aromatic nitrogens is 1. The molecule has 0 bridgehead atoms. The van der Waals surface area contributed by atoms with Crippen molar-refractivity contribution in [3.63, 3.8) is 0 Å². The molecular weight excluding hydrogens is 312 g/mol. The lowest BCUT2D eigenvalue weighted by Gasteiger charge is -2.09. The Morgan fingerprint density at radius 2 is 2.00 bits per heavy atom. The maximum absolute atomic E-state index is 12.3. The van der Waals surface area contributed by atoms with Crippen molar-refractivity contribution in [3.05, 3.63) is 65.3 Å². The van der Waals surface area contributed by atoms with Crippen LogP contribution in [0.25, 0.3) is 10.9 Å². The smallest absolute Gasteiger partial charge is 0.228 e. The van der Waals surface area contributed by atoms with Crippen molar-refractivity contribution in [3.8, 4) is 5.75 Å². The molecule has 0 saturated heterocycles. The predicted molar refractivity (Wildman–Crippen MR) is 92.1 cm³/mol. The molecule has 4 nitrogen and oxygen atoms in total. The molecule has 0 spiro atoms. The van der Waals surface area contributed by atoms with E-state index in [4.69, 9.17) is 16.3 Å². The van der Waals surface area contributed by atoms with Crippen molar-refractivity contribution in [2.24, 2.45) is 0 Å². The molecule has 3 aromatic rings. The van der Waals surface area contributed by atoms with Crippen LogP contribution >= 0.6 is 11.6 Å². The molecule has 0 unspecified atom stereocenters. The summed E-state index contributed by atoms with van der Waals surface area (Å²) in [6, 6.07) is 14.7. The molecule has 5 heteroatoms. The zero-order valence-electron chi connectivity index (χ0n) is 12.5. The Kier molecular flexibility index (Phi) is 4.44. The molecule has 0 radical (unpaired) electrons. The van der Waals surface area contributed by atoms with Crippen molar-refractivity contribution in [1.29, 1.82) is 0 Å². The molecule has 2 aromatic carbocycles. The van der Waals surface area contributed by atoms with Gasteiger partial charge >= 0.3 is 0 Å². The van der Waals surface area contributed by atoms with Gasteiger partial charge in [0.05, 0.1) is 24.7 Å². The molecule has 0 aliphatic rings. The second-order valence-corrected chi connectivity index (χ2v) is 5.54. The molecular formula is C18H15ClN2O2. The van der Waals surface area contributed by atoms with Crippen molar-refractivity contribution >= 4 is 34.1 Å². The van der Waals surface area contributed by atoms with E-state index in [1.165, 1.54) is 0 Å². The molecule has 0 atom stereocenters. The Balaban J connectivity index is 1.79. The SMILES string of the molecule is COc1ccc(CC(=O)Nc2cc(Cl)cc3cccnc23)cc1. The second kappa shape index (κ2) is 6.67. The number of rotatable bonds is 4. The maximum Gasteiger partial charge on any atom is 0.228 e. The number of amides is 1.